The molecule has 2 heterocycles. The first-order valence-electron chi connectivity index (χ1n) is 10.3. The average Bonchev–Trinajstić information content (AvgIpc) is 2.78. The second kappa shape index (κ2) is 8.50. The molecule has 3 aromatic rings. The van der Waals surface area contributed by atoms with E-state index in [1.165, 1.54) is 33.5 Å². The molecule has 1 N–H and O–H groups in total. The largest absolute Gasteiger partial charge is 0.379 e. The Balaban J connectivity index is 1.81. The number of pyridine rings is 1. The molecule has 32 heavy (non-hydrogen) atoms. The second-order valence-electron chi connectivity index (χ2n) is 7.93. The van der Waals surface area contributed by atoms with Gasteiger partial charge in [0.1, 0.15) is 0 Å². The molecule has 1 aliphatic heterocycles. The smallest absolute Gasteiger partial charge is 0.258 e. The number of amides is 1. The van der Waals surface area contributed by atoms with Crippen LogP contribution in [-0.4, -0.2) is 57.0 Å². The van der Waals surface area contributed by atoms with Crippen LogP contribution in [0.5, 0.6) is 0 Å². The average molecular weight is 456 g/mol. The number of fused-ring (bicyclic) bond motifs is 1. The predicted octanol–water partition coefficient (Wildman–Crippen LogP) is 2.44. The lowest BCUT2D eigenvalue weighted by Crippen LogP contribution is -2.40. The van der Waals surface area contributed by atoms with Crippen LogP contribution in [0.3, 0.4) is 0 Å². The molecule has 8 nitrogen and oxygen atoms in total. The van der Waals surface area contributed by atoms with Gasteiger partial charge < -0.3 is 14.6 Å². The SMILES string of the molecule is Cc1ccc(N(C)C(=O)c2cc(=O)[nH]c3ccc(S(=O)(=O)N4CCOCC4)cc23)c(C)c1. The number of morpholine rings is 1. The van der Waals surface area contributed by atoms with E-state index in [-0.39, 0.29) is 23.5 Å². The number of sulfonamides is 1. The van der Waals surface area contributed by atoms with Gasteiger partial charge in [0, 0.05) is 42.8 Å². The van der Waals surface area contributed by atoms with Crippen molar-refractivity contribution in [3.8, 4) is 0 Å². The molecule has 0 bridgehead atoms. The summed E-state index contributed by atoms with van der Waals surface area (Å²) in [7, 11) is -2.11. The fraction of sp³-hybridized carbons (Fsp3) is 0.304. The van der Waals surface area contributed by atoms with E-state index < -0.39 is 21.5 Å². The minimum Gasteiger partial charge on any atom is -0.379 e. The van der Waals surface area contributed by atoms with Crippen molar-refractivity contribution >= 4 is 32.5 Å². The van der Waals surface area contributed by atoms with Gasteiger partial charge in [0.2, 0.25) is 15.6 Å². The highest BCUT2D eigenvalue weighted by molar-refractivity contribution is 7.89. The van der Waals surface area contributed by atoms with Gasteiger partial charge >= 0.3 is 0 Å². The molecule has 1 saturated heterocycles. The van der Waals surface area contributed by atoms with Crippen molar-refractivity contribution in [3.05, 3.63) is 69.5 Å². The molecule has 1 aromatic heterocycles. The van der Waals surface area contributed by atoms with E-state index in [1.807, 2.05) is 32.0 Å². The highest BCUT2D eigenvalue weighted by Gasteiger charge is 2.27. The van der Waals surface area contributed by atoms with Gasteiger partial charge in [0.25, 0.3) is 5.91 Å². The summed E-state index contributed by atoms with van der Waals surface area (Å²) in [5.74, 6) is -0.394. The van der Waals surface area contributed by atoms with Crippen molar-refractivity contribution in [2.24, 2.45) is 0 Å². The third-order valence-corrected chi connectivity index (χ3v) is 7.57. The zero-order chi connectivity index (χ0) is 23.0. The Bertz CT molecular complexity index is 1360. The van der Waals surface area contributed by atoms with Crippen molar-refractivity contribution in [3.63, 3.8) is 0 Å². The first-order valence-corrected chi connectivity index (χ1v) is 11.7. The summed E-state index contributed by atoms with van der Waals surface area (Å²) in [4.78, 5) is 29.9. The summed E-state index contributed by atoms with van der Waals surface area (Å²) in [6, 6.07) is 11.4. The molecule has 1 aliphatic rings. The number of benzene rings is 2. The van der Waals surface area contributed by atoms with E-state index >= 15 is 0 Å². The molecule has 0 aliphatic carbocycles. The standard InChI is InChI=1S/C23H25N3O5S/c1-15-4-7-21(16(2)12-15)25(3)23(28)19-14-22(27)24-20-6-5-17(13-18(19)20)32(29,30)26-8-10-31-11-9-26/h4-7,12-14H,8-11H2,1-3H3,(H,24,27). The third kappa shape index (κ3) is 4.06. The maximum absolute atomic E-state index is 13.4. The molecule has 0 spiro atoms. The molecule has 168 valence electrons. The van der Waals surface area contributed by atoms with E-state index in [0.29, 0.717) is 29.8 Å². The maximum atomic E-state index is 13.4. The molecule has 0 saturated carbocycles. The van der Waals surface area contributed by atoms with Crippen LogP contribution in [0.4, 0.5) is 5.69 Å². The Labute approximate surface area is 186 Å². The monoisotopic (exact) mass is 455 g/mol. The van der Waals surface area contributed by atoms with Gasteiger partial charge in [-0.1, -0.05) is 17.7 Å². The first kappa shape index (κ1) is 22.2. The Hall–Kier alpha value is -3.01. The summed E-state index contributed by atoms with van der Waals surface area (Å²) >= 11 is 0. The first-order chi connectivity index (χ1) is 15.2. The van der Waals surface area contributed by atoms with Crippen LogP contribution in [0.2, 0.25) is 0 Å². The number of hydrogen-bond donors (Lipinski definition) is 1. The molecular weight excluding hydrogens is 430 g/mol. The van der Waals surface area contributed by atoms with Gasteiger partial charge in [0.05, 0.1) is 23.7 Å². The van der Waals surface area contributed by atoms with Crippen LogP contribution in [0.25, 0.3) is 10.9 Å². The summed E-state index contributed by atoms with van der Waals surface area (Å²) < 4.78 is 32.8. The second-order valence-corrected chi connectivity index (χ2v) is 9.86. The Morgan fingerprint density at radius 2 is 1.78 bits per heavy atom. The van der Waals surface area contributed by atoms with Crippen LogP contribution in [0.15, 0.2) is 52.2 Å². The molecule has 4 rings (SSSR count). The van der Waals surface area contributed by atoms with Crippen molar-refractivity contribution in [2.75, 3.05) is 38.3 Å². The number of rotatable bonds is 4. The number of nitrogens with one attached hydrogen (secondary N) is 1. The van der Waals surface area contributed by atoms with E-state index in [0.717, 1.165) is 11.1 Å². The fourth-order valence-electron chi connectivity index (χ4n) is 3.98. The minimum atomic E-state index is -3.75. The van der Waals surface area contributed by atoms with Crippen molar-refractivity contribution < 1.29 is 17.9 Å². The highest BCUT2D eigenvalue weighted by atomic mass is 32.2. The van der Waals surface area contributed by atoms with E-state index in [9.17, 15) is 18.0 Å². The molecule has 1 fully saturated rings. The number of nitrogens with zero attached hydrogens (tertiary/aromatic N) is 2. The molecule has 0 radical (unpaired) electrons. The summed E-state index contributed by atoms with van der Waals surface area (Å²) in [6.07, 6.45) is 0. The molecule has 9 heteroatoms. The lowest BCUT2D eigenvalue weighted by molar-refractivity contribution is 0.0730. The number of hydrogen-bond acceptors (Lipinski definition) is 5. The Morgan fingerprint density at radius 1 is 1.06 bits per heavy atom. The van der Waals surface area contributed by atoms with Crippen LogP contribution in [-0.2, 0) is 14.8 Å². The van der Waals surface area contributed by atoms with Crippen LogP contribution >= 0.6 is 0 Å². The van der Waals surface area contributed by atoms with Crippen LogP contribution in [0.1, 0.15) is 21.5 Å². The molecule has 2 aromatic carbocycles. The number of carbonyl (C=O) groups is 1. The van der Waals surface area contributed by atoms with Gasteiger partial charge in [-0.25, -0.2) is 8.42 Å². The van der Waals surface area contributed by atoms with Crippen molar-refractivity contribution in [2.45, 2.75) is 18.7 Å². The molecule has 0 atom stereocenters. The number of aromatic nitrogens is 1. The highest BCUT2D eigenvalue weighted by Crippen LogP contribution is 2.26. The van der Waals surface area contributed by atoms with Crippen LogP contribution < -0.4 is 10.5 Å². The molecular formula is C23H25N3O5S. The number of H-pyrrole nitrogens is 1. The molecule has 1 amide bonds. The Kier molecular flexibility index (Phi) is 5.89. The summed E-state index contributed by atoms with van der Waals surface area (Å²) in [6.45, 7) is 5.10. The summed E-state index contributed by atoms with van der Waals surface area (Å²) in [5.41, 5.74) is 2.82. The minimum absolute atomic E-state index is 0.0715. The Morgan fingerprint density at radius 3 is 2.47 bits per heavy atom. The number of aromatic amines is 1. The van der Waals surface area contributed by atoms with Gasteiger partial charge in [-0.2, -0.15) is 4.31 Å². The summed E-state index contributed by atoms with van der Waals surface area (Å²) in [5, 5.41) is 0.376. The molecule has 0 unspecified atom stereocenters. The van der Waals surface area contributed by atoms with Gasteiger partial charge in [0.15, 0.2) is 0 Å². The number of ether oxygens (including phenoxy) is 1. The van der Waals surface area contributed by atoms with Crippen molar-refractivity contribution in [1.82, 2.24) is 9.29 Å². The van der Waals surface area contributed by atoms with Crippen LogP contribution in [0, 0.1) is 13.8 Å². The zero-order valence-corrected chi connectivity index (χ0v) is 19.0. The number of carbonyl (C=O) groups excluding carboxylic acids is 1. The van der Waals surface area contributed by atoms with Crippen molar-refractivity contribution in [1.29, 1.82) is 0 Å². The predicted molar refractivity (Wildman–Crippen MR) is 123 cm³/mol. The lowest BCUT2D eigenvalue weighted by atomic mass is 10.1. The number of aryl methyl sites for hydroxylation is 2. The fourth-order valence-corrected chi connectivity index (χ4v) is 5.41. The maximum Gasteiger partial charge on any atom is 0.258 e. The van der Waals surface area contributed by atoms with Gasteiger partial charge in [-0.3, -0.25) is 9.59 Å². The number of anilines is 1. The topological polar surface area (TPSA) is 99.8 Å². The van der Waals surface area contributed by atoms with E-state index in [4.69, 9.17) is 4.74 Å². The van der Waals surface area contributed by atoms with E-state index in [2.05, 4.69) is 4.98 Å². The third-order valence-electron chi connectivity index (χ3n) is 5.67. The van der Waals surface area contributed by atoms with Gasteiger partial charge in [-0.15, -0.1) is 0 Å². The van der Waals surface area contributed by atoms with E-state index in [1.54, 1.807) is 7.05 Å². The zero-order valence-electron chi connectivity index (χ0n) is 18.2. The van der Waals surface area contributed by atoms with Gasteiger partial charge in [-0.05, 0) is 43.7 Å². The quantitative estimate of drug-likeness (QED) is 0.651. The normalized spacial score (nSPS) is 15.1. The lowest BCUT2D eigenvalue weighted by Gasteiger charge is -2.26.